The Morgan fingerprint density at radius 1 is 1.12 bits per heavy atom. The van der Waals surface area contributed by atoms with Gasteiger partial charge >= 0.3 is 18.0 Å². The number of piperidine rings is 1. The number of carbonyl (C=O) groups excluding carboxylic acids is 2. The van der Waals surface area contributed by atoms with Gasteiger partial charge in [-0.3, -0.25) is 9.69 Å². The number of likely N-dealkylation sites (tertiary alicyclic amines) is 1. The summed E-state index contributed by atoms with van der Waals surface area (Å²) in [6.45, 7) is 2.50. The van der Waals surface area contributed by atoms with Crippen LogP contribution in [0.5, 0.6) is 0 Å². The lowest BCUT2D eigenvalue weighted by Gasteiger charge is -2.34. The monoisotopic (exact) mass is 552 g/mol. The lowest BCUT2D eigenvalue weighted by Crippen LogP contribution is -2.41. The van der Waals surface area contributed by atoms with Gasteiger partial charge in [0.2, 0.25) is 0 Å². The number of amides is 2. The normalized spacial score (nSPS) is 16.6. The second kappa shape index (κ2) is 12.5. The van der Waals surface area contributed by atoms with Crippen molar-refractivity contribution < 1.29 is 38.5 Å². The first-order chi connectivity index (χ1) is 19.2. The minimum absolute atomic E-state index is 0.200. The van der Waals surface area contributed by atoms with E-state index in [0.29, 0.717) is 54.7 Å². The number of aliphatic carboxylic acids is 2. The van der Waals surface area contributed by atoms with Crippen molar-refractivity contribution >= 4 is 35.2 Å². The Balaban J connectivity index is 1.40. The molecule has 1 saturated heterocycles. The van der Waals surface area contributed by atoms with E-state index in [-0.39, 0.29) is 35.3 Å². The fraction of sp³-hybridized carbons (Fsp3) is 0.321. The van der Waals surface area contributed by atoms with Crippen LogP contribution in [0.25, 0.3) is 5.57 Å². The highest BCUT2D eigenvalue weighted by Crippen LogP contribution is 2.32. The Morgan fingerprint density at radius 3 is 2.45 bits per heavy atom. The summed E-state index contributed by atoms with van der Waals surface area (Å²) in [7, 11) is 1.23. The van der Waals surface area contributed by atoms with E-state index < -0.39 is 18.0 Å². The van der Waals surface area contributed by atoms with Crippen molar-refractivity contribution in [2.24, 2.45) is 11.0 Å². The van der Waals surface area contributed by atoms with Crippen LogP contribution in [0.1, 0.15) is 39.9 Å². The van der Waals surface area contributed by atoms with E-state index in [1.807, 2.05) is 0 Å². The smallest absolute Gasteiger partial charge is 0.427 e. The molecule has 2 aromatic rings. The molecule has 0 atom stereocenters. The summed E-state index contributed by atoms with van der Waals surface area (Å²) in [5.74, 6) is -3.14. The van der Waals surface area contributed by atoms with E-state index in [1.54, 1.807) is 29.2 Å². The molecular formula is C28H29FN4O7. The van der Waals surface area contributed by atoms with Crippen LogP contribution in [0.2, 0.25) is 0 Å². The van der Waals surface area contributed by atoms with E-state index in [1.165, 1.54) is 25.3 Å². The molecular weight excluding hydrogens is 523 g/mol. The second-order valence-corrected chi connectivity index (χ2v) is 9.61. The molecule has 2 heterocycles. The summed E-state index contributed by atoms with van der Waals surface area (Å²) in [4.78, 5) is 51.4. The first-order valence-electron chi connectivity index (χ1n) is 12.6. The number of methoxy groups -OCH3 is 1. The molecule has 2 aromatic carbocycles. The van der Waals surface area contributed by atoms with Crippen molar-refractivity contribution in [1.29, 1.82) is 0 Å². The zero-order chi connectivity index (χ0) is 28.8. The molecule has 0 aromatic heterocycles. The molecule has 11 nitrogen and oxygen atoms in total. The first kappa shape index (κ1) is 28.4. The maximum atomic E-state index is 13.4. The lowest BCUT2D eigenvalue weighted by molar-refractivity contribution is -0.133. The number of carboxylic acid groups (broad SMARTS) is 2. The van der Waals surface area contributed by atoms with Gasteiger partial charge in [-0.05, 0) is 66.7 Å². The molecule has 4 rings (SSSR count). The number of nitrogens with one attached hydrogen (secondary N) is 1. The maximum absolute atomic E-state index is 13.4. The number of ether oxygens (including phenoxy) is 1. The van der Waals surface area contributed by atoms with E-state index >= 15 is 0 Å². The van der Waals surface area contributed by atoms with E-state index in [0.717, 1.165) is 12.8 Å². The van der Waals surface area contributed by atoms with E-state index in [2.05, 4.69) is 20.2 Å². The Labute approximate surface area is 229 Å². The van der Waals surface area contributed by atoms with Crippen LogP contribution < -0.4 is 5.43 Å². The highest BCUT2D eigenvalue weighted by molar-refractivity contribution is 6.20. The number of hydrogen-bond donors (Lipinski definition) is 3. The summed E-state index contributed by atoms with van der Waals surface area (Å²) >= 11 is 0. The zero-order valence-electron chi connectivity index (χ0n) is 21.8. The van der Waals surface area contributed by atoms with Gasteiger partial charge in [0.1, 0.15) is 5.82 Å². The summed E-state index contributed by atoms with van der Waals surface area (Å²) in [5, 5.41) is 22.8. The molecule has 3 N–H and O–H groups in total. The summed E-state index contributed by atoms with van der Waals surface area (Å²) in [6.07, 6.45) is 1.50. The van der Waals surface area contributed by atoms with E-state index in [4.69, 9.17) is 5.11 Å². The average Bonchev–Trinajstić information content (AvgIpc) is 3.25. The Kier molecular flexibility index (Phi) is 8.90. The van der Waals surface area contributed by atoms with Crippen molar-refractivity contribution in [1.82, 2.24) is 15.2 Å². The number of carbonyl (C=O) groups is 4. The fourth-order valence-electron chi connectivity index (χ4n) is 5.01. The summed E-state index contributed by atoms with van der Waals surface area (Å²) in [5.41, 5.74) is 4.28. The Hall–Kier alpha value is -4.58. The fourth-order valence-corrected chi connectivity index (χ4v) is 5.01. The highest BCUT2D eigenvalue weighted by Gasteiger charge is 2.33. The van der Waals surface area contributed by atoms with Crippen molar-refractivity contribution in [3.05, 3.63) is 76.6 Å². The molecule has 1 fully saturated rings. The Morgan fingerprint density at radius 2 is 1.82 bits per heavy atom. The van der Waals surface area contributed by atoms with Gasteiger partial charge in [-0.1, -0.05) is 24.3 Å². The number of halogens is 1. The number of nitrogens with zero attached hydrogens (tertiary/aromatic N) is 3. The lowest BCUT2D eigenvalue weighted by atomic mass is 9.95. The van der Waals surface area contributed by atoms with Gasteiger partial charge in [-0.2, -0.15) is 5.10 Å². The number of carboxylic acids is 2. The minimum Gasteiger partial charge on any atom is -0.478 e. The van der Waals surface area contributed by atoms with Gasteiger partial charge in [0.05, 0.1) is 18.4 Å². The number of benzene rings is 2. The van der Waals surface area contributed by atoms with Gasteiger partial charge < -0.3 is 19.8 Å². The van der Waals surface area contributed by atoms with Crippen LogP contribution in [-0.4, -0.2) is 83.0 Å². The van der Waals surface area contributed by atoms with Crippen molar-refractivity contribution in [3.8, 4) is 0 Å². The molecule has 12 heteroatoms. The molecule has 210 valence electrons. The quantitative estimate of drug-likeness (QED) is 0.244. The van der Waals surface area contributed by atoms with Crippen LogP contribution in [0, 0.1) is 11.7 Å². The molecule has 0 radical (unpaired) electrons. The molecule has 0 aliphatic carbocycles. The SMILES string of the molecule is COC(=O)N/N=C(/CN1CCC(CN2Cc3c(cccc3/C(=C/C(=O)O)C(=O)O)C2=O)CC1)c1ccc(F)cc1. The zero-order valence-corrected chi connectivity index (χ0v) is 21.8. The largest absolute Gasteiger partial charge is 0.478 e. The predicted octanol–water partition coefficient (Wildman–Crippen LogP) is 2.81. The number of hydrazone groups is 1. The summed E-state index contributed by atoms with van der Waals surface area (Å²) in [6, 6.07) is 10.5. The minimum atomic E-state index is -1.38. The molecule has 0 bridgehead atoms. The van der Waals surface area contributed by atoms with Gasteiger partial charge in [0.15, 0.2) is 0 Å². The average molecular weight is 553 g/mol. The molecule has 40 heavy (non-hydrogen) atoms. The van der Waals surface area contributed by atoms with Crippen LogP contribution in [-0.2, 0) is 20.9 Å². The first-order valence-corrected chi connectivity index (χ1v) is 12.6. The second-order valence-electron chi connectivity index (χ2n) is 9.61. The molecule has 0 unspecified atom stereocenters. The third-order valence-corrected chi connectivity index (χ3v) is 7.04. The molecule has 0 saturated carbocycles. The van der Waals surface area contributed by atoms with Gasteiger partial charge in [0, 0.05) is 31.3 Å². The van der Waals surface area contributed by atoms with Crippen molar-refractivity contribution in [3.63, 3.8) is 0 Å². The molecule has 2 amide bonds. The van der Waals surface area contributed by atoms with Crippen molar-refractivity contribution in [2.75, 3.05) is 33.3 Å². The topological polar surface area (TPSA) is 149 Å². The van der Waals surface area contributed by atoms with Crippen molar-refractivity contribution in [2.45, 2.75) is 19.4 Å². The number of rotatable bonds is 9. The molecule has 2 aliphatic rings. The van der Waals surface area contributed by atoms with Crippen LogP contribution in [0.15, 0.2) is 53.6 Å². The number of fused-ring (bicyclic) bond motifs is 1. The van der Waals surface area contributed by atoms with Crippen LogP contribution >= 0.6 is 0 Å². The summed E-state index contributed by atoms with van der Waals surface area (Å²) < 4.78 is 18.0. The predicted molar refractivity (Wildman–Crippen MR) is 142 cm³/mol. The third-order valence-electron chi connectivity index (χ3n) is 7.04. The molecule has 0 spiro atoms. The van der Waals surface area contributed by atoms with E-state index in [9.17, 15) is 28.7 Å². The number of hydrogen-bond acceptors (Lipinski definition) is 7. The molecule has 2 aliphatic heterocycles. The van der Waals surface area contributed by atoms with Gasteiger partial charge in [-0.15, -0.1) is 0 Å². The van der Waals surface area contributed by atoms with Gasteiger partial charge in [-0.25, -0.2) is 24.2 Å². The van der Waals surface area contributed by atoms with Gasteiger partial charge in [0.25, 0.3) is 5.91 Å². The third kappa shape index (κ3) is 6.70. The standard InChI is InChI=1S/C28H29FN4O7/c1-40-28(39)31-30-24(18-5-7-19(29)8-6-18)16-32-11-9-17(10-12-32)14-33-15-23-20(3-2-4-21(23)26(33)36)22(27(37)38)13-25(34)35/h2-8,13,17H,9-12,14-16H2,1H3,(H,31,39)(H,34,35)(H,37,38)/b22-13-,30-24-. The Bertz CT molecular complexity index is 1370. The highest BCUT2D eigenvalue weighted by atomic mass is 19.1. The van der Waals surface area contributed by atoms with Crippen LogP contribution in [0.4, 0.5) is 9.18 Å². The maximum Gasteiger partial charge on any atom is 0.427 e. The van der Waals surface area contributed by atoms with Crippen LogP contribution in [0.3, 0.4) is 0 Å².